The van der Waals surface area contributed by atoms with Crippen LogP contribution in [0.15, 0.2) is 42.9 Å². The van der Waals surface area contributed by atoms with Gasteiger partial charge in [0.2, 0.25) is 41.4 Å². The molecule has 0 spiro atoms. The Balaban J connectivity index is 2.37. The van der Waals surface area contributed by atoms with Crippen molar-refractivity contribution in [1.29, 1.82) is 0 Å². The molecular weight excluding hydrogens is 744 g/mol. The summed E-state index contributed by atoms with van der Waals surface area (Å²) in [5, 5.41) is 34.7. The second-order valence-electron chi connectivity index (χ2n) is 14.5. The molecule has 0 saturated heterocycles. The Hall–Kier alpha value is -5.89. The van der Waals surface area contributed by atoms with Gasteiger partial charge < -0.3 is 58.6 Å². The van der Waals surface area contributed by atoms with E-state index >= 15 is 0 Å². The fourth-order valence-electron chi connectivity index (χ4n) is 5.36. The molecule has 2 rings (SSSR count). The second kappa shape index (κ2) is 22.6. The van der Waals surface area contributed by atoms with Gasteiger partial charge in [-0.05, 0) is 37.7 Å². The maximum absolute atomic E-state index is 13.8. The van der Waals surface area contributed by atoms with Crippen LogP contribution in [0.1, 0.15) is 65.6 Å². The van der Waals surface area contributed by atoms with E-state index in [0.29, 0.717) is 11.3 Å². The third-order valence-electron chi connectivity index (χ3n) is 8.90. The van der Waals surface area contributed by atoms with E-state index in [4.69, 9.17) is 11.5 Å². The van der Waals surface area contributed by atoms with Gasteiger partial charge in [-0.25, -0.2) is 4.98 Å². The number of primary amides is 1. The molecule has 0 fully saturated rings. The van der Waals surface area contributed by atoms with E-state index in [0.717, 1.165) is 0 Å². The zero-order valence-electron chi connectivity index (χ0n) is 32.9. The highest BCUT2D eigenvalue weighted by molar-refractivity contribution is 5.97. The average Bonchev–Trinajstić information content (AvgIpc) is 3.66. The van der Waals surface area contributed by atoms with Crippen molar-refractivity contribution < 1.29 is 48.6 Å². The molecule has 1 heterocycles. The quantitative estimate of drug-likeness (QED) is 0.0556. The predicted molar refractivity (Wildman–Crippen MR) is 205 cm³/mol. The van der Waals surface area contributed by atoms with Crippen LogP contribution in [0.5, 0.6) is 0 Å². The number of rotatable bonds is 23. The number of aliphatic hydroxyl groups is 1. The molecular formula is C37H56N10O10. The van der Waals surface area contributed by atoms with Gasteiger partial charge in [0.05, 0.1) is 18.5 Å². The van der Waals surface area contributed by atoms with Crippen molar-refractivity contribution in [3.63, 3.8) is 0 Å². The normalized spacial score (nSPS) is 15.4. The first-order valence-electron chi connectivity index (χ1n) is 18.5. The molecule has 314 valence electrons. The van der Waals surface area contributed by atoms with Crippen LogP contribution in [-0.2, 0) is 51.2 Å². The summed E-state index contributed by atoms with van der Waals surface area (Å²) in [6, 6.07) is -0.630. The van der Waals surface area contributed by atoms with E-state index in [2.05, 4.69) is 41.9 Å². The molecule has 0 radical (unpaired) electrons. The molecule has 2 aromatic rings. The molecule has 1 aromatic carbocycles. The average molecular weight is 801 g/mol. The number of carboxylic acids is 1. The number of carbonyl (C=O) groups is 8. The Morgan fingerprint density at radius 1 is 0.684 bits per heavy atom. The minimum Gasteiger partial charge on any atom is -0.480 e. The van der Waals surface area contributed by atoms with Gasteiger partial charge in [-0.2, -0.15) is 0 Å². The molecule has 13 N–H and O–H groups in total. The number of hydrogen-bond acceptors (Lipinski definition) is 11. The molecule has 0 aliphatic heterocycles. The molecule has 20 nitrogen and oxygen atoms in total. The van der Waals surface area contributed by atoms with Crippen molar-refractivity contribution in [3.05, 3.63) is 54.1 Å². The minimum atomic E-state index is -1.68. The topological polar surface area (TPSA) is 330 Å². The summed E-state index contributed by atoms with van der Waals surface area (Å²) >= 11 is 0. The Morgan fingerprint density at radius 3 is 1.72 bits per heavy atom. The third kappa shape index (κ3) is 15.6. The second-order valence-corrected chi connectivity index (χ2v) is 14.5. The fraction of sp³-hybridized carbons (Fsp3) is 0.541. The van der Waals surface area contributed by atoms with Crippen molar-refractivity contribution >= 4 is 47.3 Å². The number of amides is 7. The number of hydrogen-bond donors (Lipinski definition) is 11. The van der Waals surface area contributed by atoms with E-state index in [1.54, 1.807) is 58.0 Å². The minimum absolute atomic E-state index is 0.00128. The van der Waals surface area contributed by atoms with Crippen molar-refractivity contribution in [2.45, 2.75) is 116 Å². The monoisotopic (exact) mass is 800 g/mol. The Morgan fingerprint density at radius 2 is 1.21 bits per heavy atom. The SMILES string of the molecule is CC(C)[C@H](N)C(=O)N[C@@H](Cc1ccccc1)C(=O)N[C@H](C(=O)N[C@@H](CCC(N)=O)C(=O)N[C@@H](Cc1cnc[nH]1)C(=O)N[C@H](C(=O)N[C@@H](C)C(=O)O)C(C)C)[C@@H](C)O. The Bertz CT molecular complexity index is 1690. The first-order valence-corrected chi connectivity index (χ1v) is 18.5. The number of nitrogens with two attached hydrogens (primary N) is 2. The predicted octanol–water partition coefficient (Wildman–Crippen LogP) is -2.51. The highest BCUT2D eigenvalue weighted by Gasteiger charge is 2.36. The summed E-state index contributed by atoms with van der Waals surface area (Å²) in [7, 11) is 0. The zero-order valence-corrected chi connectivity index (χ0v) is 32.9. The van der Waals surface area contributed by atoms with Gasteiger partial charge in [0.15, 0.2) is 0 Å². The maximum Gasteiger partial charge on any atom is 0.325 e. The van der Waals surface area contributed by atoms with Crippen LogP contribution in [0.25, 0.3) is 0 Å². The zero-order chi connectivity index (χ0) is 43.0. The molecule has 57 heavy (non-hydrogen) atoms. The number of nitrogens with one attached hydrogen (secondary N) is 7. The number of carboxylic acid groups (broad SMARTS) is 1. The van der Waals surface area contributed by atoms with Gasteiger partial charge in [-0.3, -0.25) is 38.4 Å². The number of imidazole rings is 1. The lowest BCUT2D eigenvalue weighted by atomic mass is 10.0. The van der Waals surface area contributed by atoms with Gasteiger partial charge in [-0.15, -0.1) is 0 Å². The van der Waals surface area contributed by atoms with Crippen molar-refractivity contribution in [2.75, 3.05) is 0 Å². The summed E-state index contributed by atoms with van der Waals surface area (Å²) in [6.45, 7) is 9.15. The lowest BCUT2D eigenvalue weighted by molar-refractivity contribution is -0.142. The number of benzene rings is 1. The summed E-state index contributed by atoms with van der Waals surface area (Å²) in [5.41, 5.74) is 12.4. The summed E-state index contributed by atoms with van der Waals surface area (Å²) in [4.78, 5) is 111. The fourth-order valence-corrected chi connectivity index (χ4v) is 5.36. The van der Waals surface area contributed by atoms with Crippen LogP contribution in [0.3, 0.4) is 0 Å². The molecule has 1 aromatic heterocycles. The van der Waals surface area contributed by atoms with Gasteiger partial charge in [0.25, 0.3) is 0 Å². The molecule has 0 saturated carbocycles. The molecule has 0 aliphatic carbocycles. The molecule has 0 bridgehead atoms. The summed E-state index contributed by atoms with van der Waals surface area (Å²) in [6.07, 6.45) is 0.224. The molecule has 8 atom stereocenters. The van der Waals surface area contributed by atoms with Crippen LogP contribution in [0.2, 0.25) is 0 Å². The summed E-state index contributed by atoms with van der Waals surface area (Å²) < 4.78 is 0. The lowest BCUT2D eigenvalue weighted by Crippen LogP contribution is -2.62. The number of H-pyrrole nitrogens is 1. The standard InChI is InChI=1S/C37H56N10O10/c1-18(2)28(39)34(53)45-25(14-22-10-8-7-9-11-22)32(51)47-30(21(6)48)36(55)43-24(12-13-27(38)49)31(50)44-26(15-23-16-40-17-41-23)33(52)46-29(19(3)4)35(54)42-20(5)37(56)57/h7-11,16-21,24-26,28-30,48H,12-15,39H2,1-6H3,(H2,38,49)(H,40,41)(H,42,54)(H,43,55)(H,44,50)(H,45,53)(H,46,52)(H,47,51)(H,56,57)/t20-,21+,24-,25-,26-,28-,29-,30-/m0/s1. The van der Waals surface area contributed by atoms with Crippen molar-refractivity contribution in [1.82, 2.24) is 41.9 Å². The Kier molecular flexibility index (Phi) is 18.7. The van der Waals surface area contributed by atoms with Crippen LogP contribution < -0.4 is 43.4 Å². The molecule has 20 heteroatoms. The number of nitrogens with zero attached hydrogens (tertiary/aromatic N) is 1. The first kappa shape index (κ1) is 47.3. The van der Waals surface area contributed by atoms with E-state index < -0.39 is 108 Å². The molecule has 0 aliphatic rings. The molecule has 7 amide bonds. The number of aromatic amines is 1. The smallest absolute Gasteiger partial charge is 0.325 e. The first-order chi connectivity index (χ1) is 26.7. The number of carbonyl (C=O) groups excluding carboxylic acids is 7. The van der Waals surface area contributed by atoms with Gasteiger partial charge in [-0.1, -0.05) is 58.0 Å². The highest BCUT2D eigenvalue weighted by Crippen LogP contribution is 2.10. The van der Waals surface area contributed by atoms with Crippen molar-refractivity contribution in [2.24, 2.45) is 23.3 Å². The van der Waals surface area contributed by atoms with Crippen LogP contribution in [0.4, 0.5) is 0 Å². The third-order valence-corrected chi connectivity index (χ3v) is 8.90. The maximum atomic E-state index is 13.8. The van der Waals surface area contributed by atoms with Gasteiger partial charge in [0, 0.05) is 31.2 Å². The van der Waals surface area contributed by atoms with E-state index in [-0.39, 0.29) is 25.2 Å². The number of aliphatic carboxylic acids is 1. The van der Waals surface area contributed by atoms with Crippen LogP contribution >= 0.6 is 0 Å². The molecule has 0 unspecified atom stereocenters. The van der Waals surface area contributed by atoms with E-state index in [9.17, 15) is 48.6 Å². The summed E-state index contributed by atoms with van der Waals surface area (Å²) in [5.74, 6) is -8.04. The Labute approximate surface area is 330 Å². The number of aromatic nitrogens is 2. The van der Waals surface area contributed by atoms with Gasteiger partial charge in [0.1, 0.15) is 36.3 Å². The van der Waals surface area contributed by atoms with E-state index in [1.807, 2.05) is 0 Å². The van der Waals surface area contributed by atoms with Crippen molar-refractivity contribution in [3.8, 4) is 0 Å². The largest absolute Gasteiger partial charge is 0.480 e. The van der Waals surface area contributed by atoms with Crippen LogP contribution in [0, 0.1) is 11.8 Å². The van der Waals surface area contributed by atoms with Gasteiger partial charge >= 0.3 is 5.97 Å². The van der Waals surface area contributed by atoms with Crippen LogP contribution in [-0.4, -0.2) is 116 Å². The lowest BCUT2D eigenvalue weighted by Gasteiger charge is -2.29. The number of aliphatic hydroxyl groups excluding tert-OH is 1. The van der Waals surface area contributed by atoms with E-state index in [1.165, 1.54) is 26.4 Å². The highest BCUT2D eigenvalue weighted by atomic mass is 16.4.